The van der Waals surface area contributed by atoms with Gasteiger partial charge in [-0.1, -0.05) is 25.1 Å². The highest BCUT2D eigenvalue weighted by Gasteiger charge is 2.20. The molecule has 0 aliphatic carbocycles. The Bertz CT molecular complexity index is 348. The molecule has 15 heavy (non-hydrogen) atoms. The topological polar surface area (TPSA) is 12.0 Å². The standard InChI is InChI=1S/C13H19NS/c1-9-4-5-12(8-10(9)2)13-14-7-6-11(3)15-13/h4-5,8,11,13-14H,6-7H2,1-3H3. The predicted octanol–water partition coefficient (Wildman–Crippen LogP) is 3.42. The van der Waals surface area contributed by atoms with Crippen molar-refractivity contribution in [1.82, 2.24) is 5.32 Å². The lowest BCUT2D eigenvalue weighted by Gasteiger charge is -2.28. The van der Waals surface area contributed by atoms with Crippen LogP contribution in [0.5, 0.6) is 0 Å². The molecule has 0 spiro atoms. The largest absolute Gasteiger partial charge is 0.302 e. The lowest BCUT2D eigenvalue weighted by molar-refractivity contribution is 0.605. The Labute approximate surface area is 96.7 Å². The van der Waals surface area contributed by atoms with Crippen LogP contribution in [0, 0.1) is 13.8 Å². The van der Waals surface area contributed by atoms with Crippen molar-refractivity contribution in [1.29, 1.82) is 0 Å². The molecule has 0 aromatic heterocycles. The zero-order valence-electron chi connectivity index (χ0n) is 9.71. The molecule has 1 aromatic rings. The summed E-state index contributed by atoms with van der Waals surface area (Å²) in [6.45, 7) is 7.82. The first-order chi connectivity index (χ1) is 7.16. The molecule has 1 aliphatic rings. The van der Waals surface area contributed by atoms with Crippen molar-refractivity contribution in [3.63, 3.8) is 0 Å². The fraction of sp³-hybridized carbons (Fsp3) is 0.538. The highest BCUT2D eigenvalue weighted by atomic mass is 32.2. The number of benzene rings is 1. The quantitative estimate of drug-likeness (QED) is 0.780. The van der Waals surface area contributed by atoms with Gasteiger partial charge in [0.05, 0.1) is 5.37 Å². The number of hydrogen-bond acceptors (Lipinski definition) is 2. The third kappa shape index (κ3) is 2.56. The lowest BCUT2D eigenvalue weighted by atomic mass is 10.1. The van der Waals surface area contributed by atoms with E-state index in [2.05, 4.69) is 44.3 Å². The minimum Gasteiger partial charge on any atom is -0.302 e. The van der Waals surface area contributed by atoms with Crippen molar-refractivity contribution < 1.29 is 0 Å². The summed E-state index contributed by atoms with van der Waals surface area (Å²) in [7, 11) is 0. The summed E-state index contributed by atoms with van der Waals surface area (Å²) in [4.78, 5) is 0. The molecule has 1 nitrogen and oxygen atoms in total. The molecule has 1 fully saturated rings. The molecule has 2 atom stereocenters. The van der Waals surface area contributed by atoms with Crippen LogP contribution in [-0.4, -0.2) is 11.8 Å². The highest BCUT2D eigenvalue weighted by Crippen LogP contribution is 2.34. The Morgan fingerprint density at radius 2 is 2.07 bits per heavy atom. The summed E-state index contributed by atoms with van der Waals surface area (Å²) in [6.07, 6.45) is 1.28. The van der Waals surface area contributed by atoms with Gasteiger partial charge < -0.3 is 5.32 Å². The Balaban J connectivity index is 2.18. The van der Waals surface area contributed by atoms with E-state index >= 15 is 0 Å². The average molecular weight is 221 g/mol. The van der Waals surface area contributed by atoms with Crippen molar-refractivity contribution in [2.45, 2.75) is 37.8 Å². The third-order valence-electron chi connectivity index (χ3n) is 3.08. The first-order valence-corrected chi connectivity index (χ1v) is 6.57. The van der Waals surface area contributed by atoms with E-state index in [-0.39, 0.29) is 0 Å². The fourth-order valence-corrected chi connectivity index (χ4v) is 3.13. The van der Waals surface area contributed by atoms with Crippen LogP contribution in [0.25, 0.3) is 0 Å². The second-order valence-corrected chi connectivity index (χ2v) is 5.96. The van der Waals surface area contributed by atoms with Crippen LogP contribution in [-0.2, 0) is 0 Å². The molecule has 1 aromatic carbocycles. The molecule has 0 bridgehead atoms. The lowest BCUT2D eigenvalue weighted by Crippen LogP contribution is -2.28. The minimum atomic E-state index is 0.494. The molecule has 2 rings (SSSR count). The summed E-state index contributed by atoms with van der Waals surface area (Å²) in [6, 6.07) is 6.80. The third-order valence-corrected chi connectivity index (χ3v) is 4.49. The molecule has 0 amide bonds. The van der Waals surface area contributed by atoms with Crippen LogP contribution in [0.3, 0.4) is 0 Å². The van der Waals surface area contributed by atoms with Crippen LogP contribution >= 0.6 is 11.8 Å². The van der Waals surface area contributed by atoms with Gasteiger partial charge in [0.2, 0.25) is 0 Å². The molecule has 0 radical (unpaired) electrons. The summed E-state index contributed by atoms with van der Waals surface area (Å²) in [5.41, 5.74) is 4.20. The molecule has 82 valence electrons. The van der Waals surface area contributed by atoms with Gasteiger partial charge in [-0.2, -0.15) is 0 Å². The van der Waals surface area contributed by atoms with Gasteiger partial charge in [0.15, 0.2) is 0 Å². The van der Waals surface area contributed by atoms with E-state index in [1.165, 1.54) is 23.1 Å². The first-order valence-electron chi connectivity index (χ1n) is 5.63. The number of hydrogen-bond donors (Lipinski definition) is 1. The Hall–Kier alpha value is -0.470. The van der Waals surface area contributed by atoms with Gasteiger partial charge in [0.1, 0.15) is 0 Å². The van der Waals surface area contributed by atoms with E-state index in [4.69, 9.17) is 0 Å². The Morgan fingerprint density at radius 3 is 2.73 bits per heavy atom. The predicted molar refractivity (Wildman–Crippen MR) is 68.3 cm³/mol. The van der Waals surface area contributed by atoms with Crippen LogP contribution < -0.4 is 5.32 Å². The van der Waals surface area contributed by atoms with Crippen LogP contribution in [0.4, 0.5) is 0 Å². The van der Waals surface area contributed by atoms with E-state index in [0.717, 1.165) is 11.8 Å². The van der Waals surface area contributed by atoms with Crippen LogP contribution in [0.15, 0.2) is 18.2 Å². The second kappa shape index (κ2) is 4.58. The summed E-state index contributed by atoms with van der Waals surface area (Å²) in [5.74, 6) is 0. The average Bonchev–Trinajstić information content (AvgIpc) is 2.22. The number of aryl methyl sites for hydroxylation is 2. The van der Waals surface area contributed by atoms with E-state index < -0.39 is 0 Å². The summed E-state index contributed by atoms with van der Waals surface area (Å²) >= 11 is 2.04. The number of thioether (sulfide) groups is 1. The second-order valence-electron chi connectivity index (χ2n) is 4.41. The first kappa shape index (κ1) is 11.0. The molecule has 2 heteroatoms. The van der Waals surface area contributed by atoms with Gasteiger partial charge >= 0.3 is 0 Å². The van der Waals surface area contributed by atoms with E-state index in [1.54, 1.807) is 0 Å². The maximum absolute atomic E-state index is 3.58. The van der Waals surface area contributed by atoms with Crippen molar-refractivity contribution in [2.75, 3.05) is 6.54 Å². The number of rotatable bonds is 1. The molecule has 1 saturated heterocycles. The molecular weight excluding hydrogens is 202 g/mol. The van der Waals surface area contributed by atoms with Gasteiger partial charge in [-0.25, -0.2) is 0 Å². The SMILES string of the molecule is Cc1ccc(C2NCCC(C)S2)cc1C. The van der Waals surface area contributed by atoms with Crippen LogP contribution in [0.1, 0.15) is 35.4 Å². The molecule has 1 aliphatic heterocycles. The van der Waals surface area contributed by atoms with E-state index in [1.807, 2.05) is 11.8 Å². The smallest absolute Gasteiger partial charge is 0.0792 e. The van der Waals surface area contributed by atoms with Gasteiger partial charge in [0.25, 0.3) is 0 Å². The van der Waals surface area contributed by atoms with Gasteiger partial charge in [-0.05, 0) is 43.5 Å². The number of nitrogens with one attached hydrogen (secondary N) is 1. The summed E-state index contributed by atoms with van der Waals surface area (Å²) < 4.78 is 0. The van der Waals surface area contributed by atoms with Crippen molar-refractivity contribution in [3.8, 4) is 0 Å². The van der Waals surface area contributed by atoms with Crippen molar-refractivity contribution in [3.05, 3.63) is 34.9 Å². The molecular formula is C13H19NS. The normalized spacial score (nSPS) is 26.6. The van der Waals surface area contributed by atoms with E-state index in [9.17, 15) is 0 Å². The van der Waals surface area contributed by atoms with Crippen molar-refractivity contribution >= 4 is 11.8 Å². The Morgan fingerprint density at radius 1 is 1.27 bits per heavy atom. The molecule has 1 N–H and O–H groups in total. The molecule has 1 heterocycles. The Kier molecular flexibility index (Phi) is 3.37. The zero-order chi connectivity index (χ0) is 10.8. The van der Waals surface area contributed by atoms with Crippen LogP contribution in [0.2, 0.25) is 0 Å². The highest BCUT2D eigenvalue weighted by molar-refractivity contribution is 8.00. The minimum absolute atomic E-state index is 0.494. The maximum Gasteiger partial charge on any atom is 0.0792 e. The van der Waals surface area contributed by atoms with Gasteiger partial charge in [-0.3, -0.25) is 0 Å². The van der Waals surface area contributed by atoms with E-state index in [0.29, 0.717) is 5.37 Å². The van der Waals surface area contributed by atoms with Gasteiger partial charge in [-0.15, -0.1) is 11.8 Å². The van der Waals surface area contributed by atoms with Crippen molar-refractivity contribution in [2.24, 2.45) is 0 Å². The molecule has 0 saturated carbocycles. The maximum atomic E-state index is 3.58. The van der Waals surface area contributed by atoms with Gasteiger partial charge in [0, 0.05) is 5.25 Å². The fourth-order valence-electron chi connectivity index (χ4n) is 1.89. The zero-order valence-corrected chi connectivity index (χ0v) is 10.5. The summed E-state index contributed by atoms with van der Waals surface area (Å²) in [5, 5.41) is 4.84. The monoisotopic (exact) mass is 221 g/mol. The molecule has 2 unspecified atom stereocenters.